The molecule has 10 heteroatoms. The molecule has 0 bridgehead atoms. The summed E-state index contributed by atoms with van der Waals surface area (Å²) >= 11 is 11.7. The van der Waals surface area contributed by atoms with Crippen LogP contribution in [0, 0.1) is 11.3 Å². The lowest BCUT2D eigenvalue weighted by Crippen LogP contribution is -2.55. The number of H-pyrrole nitrogens is 1. The van der Waals surface area contributed by atoms with Crippen molar-refractivity contribution < 1.29 is 14.7 Å². The molecule has 0 unspecified atom stereocenters. The number of imidazole rings is 1. The second-order valence-electron chi connectivity index (χ2n) is 11.0. The maximum atomic E-state index is 13.9. The third-order valence-electron chi connectivity index (χ3n) is 8.57. The normalized spacial score (nSPS) is 18.3. The van der Waals surface area contributed by atoms with Crippen molar-refractivity contribution in [3.8, 4) is 0 Å². The van der Waals surface area contributed by atoms with Crippen LogP contribution in [0.4, 0.5) is 0 Å². The minimum absolute atomic E-state index is 0.0121. The largest absolute Gasteiger partial charge is 0.481 e. The number of aromatic nitrogens is 2. The number of halogens is 1. The van der Waals surface area contributed by atoms with Gasteiger partial charge in [0.2, 0.25) is 5.91 Å². The molecular weight excluding hydrogens is 534 g/mol. The number of aromatic amines is 1. The Bertz CT molecular complexity index is 1080. The molecule has 0 spiro atoms. The smallest absolute Gasteiger partial charge is 0.303 e. The summed E-state index contributed by atoms with van der Waals surface area (Å²) in [5, 5.41) is 17.0. The van der Waals surface area contributed by atoms with Gasteiger partial charge in [0.05, 0.1) is 6.33 Å². The molecule has 8 nitrogen and oxygen atoms in total. The molecule has 1 aromatic carbocycles. The molecule has 39 heavy (non-hydrogen) atoms. The van der Waals surface area contributed by atoms with Gasteiger partial charge in [-0.3, -0.25) is 9.59 Å². The topological polar surface area (TPSA) is 110 Å². The summed E-state index contributed by atoms with van der Waals surface area (Å²) in [7, 11) is 0. The summed E-state index contributed by atoms with van der Waals surface area (Å²) < 4.78 is 0. The number of carboxylic acid groups (broad SMARTS) is 1. The SMILES string of the molecule is O=C(O)CCC1(C2CCCCC2)CCN(C(=O)[C@@H](Cc2ccc(Cl)cc2)NC(=S)NCCc2cnc[nH]2)CC1. The minimum atomic E-state index is -0.732. The molecule has 2 fully saturated rings. The molecule has 2 aromatic rings. The van der Waals surface area contributed by atoms with Gasteiger partial charge >= 0.3 is 5.97 Å². The van der Waals surface area contributed by atoms with Crippen molar-refractivity contribution in [3.63, 3.8) is 0 Å². The molecule has 1 aliphatic heterocycles. The van der Waals surface area contributed by atoms with Crippen LogP contribution < -0.4 is 10.6 Å². The van der Waals surface area contributed by atoms with Crippen molar-refractivity contribution in [2.24, 2.45) is 11.3 Å². The summed E-state index contributed by atoms with van der Waals surface area (Å²) in [6.07, 6.45) is 13.3. The molecule has 1 atom stereocenters. The van der Waals surface area contributed by atoms with Gasteiger partial charge in [-0.2, -0.15) is 0 Å². The molecule has 4 rings (SSSR count). The lowest BCUT2D eigenvalue weighted by atomic mass is 9.61. The van der Waals surface area contributed by atoms with E-state index in [2.05, 4.69) is 20.6 Å². The first-order valence-corrected chi connectivity index (χ1v) is 14.9. The average molecular weight is 574 g/mol. The second kappa shape index (κ2) is 14.1. The fraction of sp³-hybridized carbons (Fsp3) is 0.586. The molecule has 0 radical (unpaired) electrons. The highest BCUT2D eigenvalue weighted by Gasteiger charge is 2.43. The summed E-state index contributed by atoms with van der Waals surface area (Å²) in [5.41, 5.74) is 2.02. The van der Waals surface area contributed by atoms with Crippen molar-refractivity contribution >= 4 is 40.8 Å². The van der Waals surface area contributed by atoms with Gasteiger partial charge in [0.15, 0.2) is 5.11 Å². The Morgan fingerprint density at radius 1 is 1.18 bits per heavy atom. The van der Waals surface area contributed by atoms with E-state index in [9.17, 15) is 14.7 Å². The minimum Gasteiger partial charge on any atom is -0.481 e. The monoisotopic (exact) mass is 573 g/mol. The van der Waals surface area contributed by atoms with Crippen LogP contribution in [0.2, 0.25) is 5.02 Å². The number of rotatable bonds is 11. The summed E-state index contributed by atoms with van der Waals surface area (Å²) in [6.45, 7) is 1.91. The van der Waals surface area contributed by atoms with Gasteiger partial charge < -0.3 is 25.6 Å². The summed E-state index contributed by atoms with van der Waals surface area (Å²) in [5.74, 6) is -0.153. The van der Waals surface area contributed by atoms with Crippen molar-refractivity contribution in [1.29, 1.82) is 0 Å². The van der Waals surface area contributed by atoms with E-state index in [1.54, 1.807) is 12.5 Å². The third-order valence-corrected chi connectivity index (χ3v) is 9.08. The van der Waals surface area contributed by atoms with E-state index in [-0.39, 0.29) is 17.7 Å². The Labute approximate surface area is 241 Å². The molecule has 4 N–H and O–H groups in total. The standard InChI is InChI=1S/C29H40ClN5O3S/c30-23-8-6-21(7-9-23)18-25(34-28(39)32-15-11-24-19-31-20-33-24)27(38)35-16-13-29(14-17-35,12-10-26(36)37)22-4-2-1-3-5-22/h6-9,19-20,22,25H,1-5,10-18H2,(H,31,33)(H,36,37)(H2,32,34,39)/t25-/m1/s1. The predicted molar refractivity (Wildman–Crippen MR) is 157 cm³/mol. The first-order chi connectivity index (χ1) is 18.8. The number of nitrogens with zero attached hydrogens (tertiary/aromatic N) is 2. The highest BCUT2D eigenvalue weighted by atomic mass is 35.5. The molecule has 2 heterocycles. The number of nitrogens with one attached hydrogen (secondary N) is 3. The number of carbonyl (C=O) groups excluding carboxylic acids is 1. The number of carboxylic acids is 1. The van der Waals surface area contributed by atoms with E-state index >= 15 is 0 Å². The Balaban J connectivity index is 1.41. The lowest BCUT2D eigenvalue weighted by Gasteiger charge is -2.48. The fourth-order valence-corrected chi connectivity index (χ4v) is 6.69. The van der Waals surface area contributed by atoms with E-state index in [1.165, 1.54) is 32.1 Å². The van der Waals surface area contributed by atoms with E-state index in [4.69, 9.17) is 23.8 Å². The highest BCUT2D eigenvalue weighted by molar-refractivity contribution is 7.80. The number of aliphatic carboxylic acids is 1. The number of likely N-dealkylation sites (tertiary alicyclic amines) is 1. The van der Waals surface area contributed by atoms with Crippen molar-refractivity contribution in [2.75, 3.05) is 19.6 Å². The van der Waals surface area contributed by atoms with Gasteiger partial charge in [0.25, 0.3) is 0 Å². The van der Waals surface area contributed by atoms with E-state index in [0.29, 0.717) is 48.5 Å². The Hall–Kier alpha value is -2.65. The highest BCUT2D eigenvalue weighted by Crippen LogP contribution is 2.49. The number of hydrogen-bond acceptors (Lipinski definition) is 4. The summed E-state index contributed by atoms with van der Waals surface area (Å²) in [6, 6.07) is 7.03. The third kappa shape index (κ3) is 8.42. The fourth-order valence-electron chi connectivity index (χ4n) is 6.32. The number of thiocarbonyl (C=S) groups is 1. The zero-order valence-corrected chi connectivity index (χ0v) is 24.0. The zero-order chi connectivity index (χ0) is 27.7. The van der Waals surface area contributed by atoms with Gasteiger partial charge in [-0.25, -0.2) is 4.98 Å². The molecule has 1 aliphatic carbocycles. The molecule has 2 aliphatic rings. The molecule has 1 aromatic heterocycles. The van der Waals surface area contributed by atoms with Gasteiger partial charge in [-0.05, 0) is 73.4 Å². The second-order valence-corrected chi connectivity index (χ2v) is 11.9. The summed E-state index contributed by atoms with van der Waals surface area (Å²) in [4.78, 5) is 34.4. The van der Waals surface area contributed by atoms with Gasteiger partial charge in [0.1, 0.15) is 6.04 Å². The average Bonchev–Trinajstić information content (AvgIpc) is 3.47. The molecule has 1 amide bonds. The van der Waals surface area contributed by atoms with Crippen LogP contribution in [-0.4, -0.2) is 62.6 Å². The van der Waals surface area contributed by atoms with Crippen molar-refractivity contribution in [2.45, 2.75) is 76.7 Å². The number of amides is 1. The lowest BCUT2D eigenvalue weighted by molar-refractivity contribution is -0.140. The van der Waals surface area contributed by atoms with Crippen LogP contribution >= 0.6 is 23.8 Å². The van der Waals surface area contributed by atoms with Crippen LogP contribution in [-0.2, 0) is 22.4 Å². The van der Waals surface area contributed by atoms with E-state index < -0.39 is 12.0 Å². The maximum absolute atomic E-state index is 13.9. The first kappa shape index (κ1) is 29.3. The Morgan fingerprint density at radius 2 is 1.90 bits per heavy atom. The first-order valence-electron chi connectivity index (χ1n) is 14.1. The number of hydrogen-bond donors (Lipinski definition) is 4. The quantitative estimate of drug-likeness (QED) is 0.288. The van der Waals surface area contributed by atoms with Crippen LogP contribution in [0.5, 0.6) is 0 Å². The van der Waals surface area contributed by atoms with Gasteiger partial charge in [-0.15, -0.1) is 0 Å². The Kier molecular flexibility index (Phi) is 10.6. The van der Waals surface area contributed by atoms with E-state index in [1.807, 2.05) is 29.2 Å². The zero-order valence-electron chi connectivity index (χ0n) is 22.5. The number of piperidine rings is 1. The van der Waals surface area contributed by atoms with Crippen LogP contribution in [0.15, 0.2) is 36.8 Å². The molecule has 1 saturated carbocycles. The molecule has 212 valence electrons. The molecule has 1 saturated heterocycles. The van der Waals surface area contributed by atoms with Crippen LogP contribution in [0.3, 0.4) is 0 Å². The maximum Gasteiger partial charge on any atom is 0.303 e. The number of benzene rings is 1. The predicted octanol–water partition coefficient (Wildman–Crippen LogP) is 4.73. The van der Waals surface area contributed by atoms with Gasteiger partial charge in [-0.1, -0.05) is 43.0 Å². The molecular formula is C29H40ClN5O3S. The van der Waals surface area contributed by atoms with Crippen LogP contribution in [0.1, 0.15) is 69.0 Å². The van der Waals surface area contributed by atoms with Crippen molar-refractivity contribution in [3.05, 3.63) is 53.1 Å². The van der Waals surface area contributed by atoms with Crippen molar-refractivity contribution in [1.82, 2.24) is 25.5 Å². The number of carbonyl (C=O) groups is 2. The van der Waals surface area contributed by atoms with Gasteiger partial charge in [0, 0.05) is 55.8 Å². The van der Waals surface area contributed by atoms with Crippen LogP contribution in [0.25, 0.3) is 0 Å². The Morgan fingerprint density at radius 3 is 2.54 bits per heavy atom. The van der Waals surface area contributed by atoms with E-state index in [0.717, 1.165) is 30.5 Å².